The van der Waals surface area contributed by atoms with Crippen molar-refractivity contribution >= 4 is 17.7 Å². The maximum absolute atomic E-state index is 12.5. The van der Waals surface area contributed by atoms with Crippen molar-refractivity contribution in [1.82, 2.24) is 20.1 Å². The molecule has 3 atom stereocenters. The molecular weight excluding hydrogens is 356 g/mol. The standard InChI is InChI=1S/C21H28N4OS/c1-14-7-6-10-18(15(14)2)22-19(26)13-27-21-24-23-20(16-11-12-16)25(21)17-8-4-3-5-9-17/h3-5,8-9,14-16,18H,6-7,10-13H2,1-2H3,(H,22,26)/t14-,15+,18+/m1/s1. The van der Waals surface area contributed by atoms with E-state index in [1.807, 2.05) is 18.2 Å². The summed E-state index contributed by atoms with van der Waals surface area (Å²) in [5, 5.41) is 12.9. The summed E-state index contributed by atoms with van der Waals surface area (Å²) in [7, 11) is 0. The number of hydrogen-bond donors (Lipinski definition) is 1. The highest BCUT2D eigenvalue weighted by molar-refractivity contribution is 7.99. The third kappa shape index (κ3) is 4.21. The van der Waals surface area contributed by atoms with Crippen molar-refractivity contribution < 1.29 is 4.79 Å². The van der Waals surface area contributed by atoms with Crippen LogP contribution in [0.3, 0.4) is 0 Å². The minimum absolute atomic E-state index is 0.0986. The van der Waals surface area contributed by atoms with Crippen molar-refractivity contribution in [2.45, 2.75) is 63.1 Å². The summed E-state index contributed by atoms with van der Waals surface area (Å²) in [5.41, 5.74) is 1.07. The highest BCUT2D eigenvalue weighted by atomic mass is 32.2. The Hall–Kier alpha value is -1.82. The molecule has 2 aliphatic rings. The fraction of sp³-hybridized carbons (Fsp3) is 0.571. The van der Waals surface area contributed by atoms with Crippen molar-refractivity contribution in [3.05, 3.63) is 36.2 Å². The number of rotatable bonds is 6. The van der Waals surface area contributed by atoms with Gasteiger partial charge in [-0.1, -0.05) is 56.7 Å². The van der Waals surface area contributed by atoms with Gasteiger partial charge in [-0.25, -0.2) is 0 Å². The van der Waals surface area contributed by atoms with Gasteiger partial charge in [0.05, 0.1) is 5.75 Å². The molecule has 2 aromatic rings. The van der Waals surface area contributed by atoms with E-state index >= 15 is 0 Å². The number of carbonyl (C=O) groups excluding carboxylic acids is 1. The molecule has 6 heteroatoms. The molecule has 2 fully saturated rings. The van der Waals surface area contributed by atoms with Crippen LogP contribution in [0.25, 0.3) is 5.69 Å². The average Bonchev–Trinajstić information content (AvgIpc) is 3.44. The topological polar surface area (TPSA) is 59.8 Å². The van der Waals surface area contributed by atoms with Crippen LogP contribution in [0.5, 0.6) is 0 Å². The highest BCUT2D eigenvalue weighted by Gasteiger charge is 2.31. The highest BCUT2D eigenvalue weighted by Crippen LogP contribution is 2.41. The summed E-state index contributed by atoms with van der Waals surface area (Å²) in [6.45, 7) is 4.55. The summed E-state index contributed by atoms with van der Waals surface area (Å²) < 4.78 is 2.13. The van der Waals surface area contributed by atoms with Crippen LogP contribution in [-0.2, 0) is 4.79 Å². The number of thioether (sulfide) groups is 1. The largest absolute Gasteiger partial charge is 0.352 e. The van der Waals surface area contributed by atoms with E-state index in [0.29, 0.717) is 29.5 Å². The molecule has 1 N–H and O–H groups in total. The van der Waals surface area contributed by atoms with E-state index in [1.54, 1.807) is 0 Å². The second-order valence-corrected chi connectivity index (χ2v) is 8.96. The zero-order valence-electron chi connectivity index (χ0n) is 16.1. The molecule has 1 heterocycles. The van der Waals surface area contributed by atoms with Crippen molar-refractivity contribution in [2.75, 3.05) is 5.75 Å². The molecular formula is C21H28N4OS. The normalized spacial score (nSPS) is 25.3. The zero-order valence-corrected chi connectivity index (χ0v) is 16.9. The first-order valence-electron chi connectivity index (χ1n) is 10.1. The molecule has 1 aromatic heterocycles. The van der Waals surface area contributed by atoms with E-state index in [4.69, 9.17) is 0 Å². The van der Waals surface area contributed by atoms with Crippen LogP contribution in [0.4, 0.5) is 0 Å². The number of amides is 1. The Labute approximate surface area is 165 Å². The first-order chi connectivity index (χ1) is 13.1. The van der Waals surface area contributed by atoms with Crippen molar-refractivity contribution in [1.29, 1.82) is 0 Å². The third-order valence-corrected chi connectivity index (χ3v) is 6.93. The van der Waals surface area contributed by atoms with E-state index in [0.717, 1.165) is 23.1 Å². The molecule has 0 saturated heterocycles. The van der Waals surface area contributed by atoms with Crippen LogP contribution in [0, 0.1) is 11.8 Å². The molecule has 0 radical (unpaired) electrons. The number of nitrogens with one attached hydrogen (secondary N) is 1. The smallest absolute Gasteiger partial charge is 0.230 e. The number of benzene rings is 1. The molecule has 0 unspecified atom stereocenters. The first kappa shape index (κ1) is 18.5. The molecule has 1 amide bonds. The summed E-state index contributed by atoms with van der Waals surface area (Å²) in [6, 6.07) is 10.5. The van der Waals surface area contributed by atoms with Gasteiger partial charge in [-0.15, -0.1) is 10.2 Å². The quantitative estimate of drug-likeness (QED) is 0.759. The van der Waals surface area contributed by atoms with Crippen LogP contribution in [0.15, 0.2) is 35.5 Å². The number of hydrogen-bond acceptors (Lipinski definition) is 4. The van der Waals surface area contributed by atoms with Crippen LogP contribution in [0.1, 0.15) is 57.7 Å². The fourth-order valence-corrected chi connectivity index (χ4v) is 4.73. The predicted octanol–water partition coefficient (Wildman–Crippen LogP) is 4.18. The minimum Gasteiger partial charge on any atom is -0.352 e. The molecule has 0 aliphatic heterocycles. The molecule has 5 nitrogen and oxygen atoms in total. The Bertz CT molecular complexity index is 787. The van der Waals surface area contributed by atoms with Gasteiger partial charge < -0.3 is 5.32 Å². The van der Waals surface area contributed by atoms with Crippen molar-refractivity contribution in [2.24, 2.45) is 11.8 Å². The Morgan fingerprint density at radius 3 is 2.67 bits per heavy atom. The summed E-state index contributed by atoms with van der Waals surface area (Å²) in [5.74, 6) is 3.24. The molecule has 4 rings (SSSR count). The van der Waals surface area contributed by atoms with Gasteiger partial charge >= 0.3 is 0 Å². The number of aromatic nitrogens is 3. The summed E-state index contributed by atoms with van der Waals surface area (Å²) >= 11 is 1.48. The number of para-hydroxylation sites is 1. The third-order valence-electron chi connectivity index (χ3n) is 6.00. The van der Waals surface area contributed by atoms with E-state index in [9.17, 15) is 4.79 Å². The summed E-state index contributed by atoms with van der Waals surface area (Å²) in [4.78, 5) is 12.5. The first-order valence-corrected chi connectivity index (χ1v) is 11.0. The van der Waals surface area contributed by atoms with Gasteiger partial charge in [0.2, 0.25) is 5.91 Å². The Balaban J connectivity index is 1.43. The maximum atomic E-state index is 12.5. The fourth-order valence-electron chi connectivity index (χ4n) is 3.96. The van der Waals surface area contributed by atoms with Crippen molar-refractivity contribution in [3.63, 3.8) is 0 Å². The maximum Gasteiger partial charge on any atom is 0.230 e. The van der Waals surface area contributed by atoms with Gasteiger partial charge in [0.1, 0.15) is 5.82 Å². The van der Waals surface area contributed by atoms with Gasteiger partial charge in [-0.2, -0.15) is 0 Å². The molecule has 144 valence electrons. The Morgan fingerprint density at radius 1 is 1.15 bits per heavy atom. The van der Waals surface area contributed by atoms with Crippen molar-refractivity contribution in [3.8, 4) is 5.69 Å². The molecule has 1 aromatic carbocycles. The van der Waals surface area contributed by atoms with Gasteiger partial charge in [-0.3, -0.25) is 9.36 Å². The lowest BCUT2D eigenvalue weighted by molar-refractivity contribution is -0.120. The second kappa shape index (κ2) is 8.05. The molecule has 0 spiro atoms. The zero-order chi connectivity index (χ0) is 18.8. The predicted molar refractivity (Wildman–Crippen MR) is 108 cm³/mol. The Morgan fingerprint density at radius 2 is 1.93 bits per heavy atom. The molecule has 0 bridgehead atoms. The molecule has 2 saturated carbocycles. The molecule has 27 heavy (non-hydrogen) atoms. The van der Waals surface area contributed by atoms with Gasteiger partial charge in [0.25, 0.3) is 0 Å². The number of carbonyl (C=O) groups is 1. The van der Waals surface area contributed by atoms with E-state index in [2.05, 4.69) is 46.1 Å². The lowest BCUT2D eigenvalue weighted by Gasteiger charge is -2.34. The SMILES string of the molecule is C[C@H]1[C@H](C)CCC[C@@H]1NC(=O)CSc1nnc(C2CC2)n1-c1ccccc1. The second-order valence-electron chi connectivity index (χ2n) is 8.02. The minimum atomic E-state index is 0.0986. The van der Waals surface area contributed by atoms with E-state index in [-0.39, 0.29) is 5.91 Å². The Kier molecular flexibility index (Phi) is 5.53. The monoisotopic (exact) mass is 384 g/mol. The van der Waals surface area contributed by atoms with E-state index < -0.39 is 0 Å². The van der Waals surface area contributed by atoms with Crippen LogP contribution >= 0.6 is 11.8 Å². The van der Waals surface area contributed by atoms with Crippen LogP contribution in [0.2, 0.25) is 0 Å². The van der Waals surface area contributed by atoms with E-state index in [1.165, 1.54) is 37.4 Å². The molecule has 2 aliphatic carbocycles. The lowest BCUT2D eigenvalue weighted by atomic mass is 9.78. The lowest BCUT2D eigenvalue weighted by Crippen LogP contribution is -2.44. The van der Waals surface area contributed by atoms with Gasteiger partial charge in [0.15, 0.2) is 5.16 Å². The number of nitrogens with zero attached hydrogens (tertiary/aromatic N) is 3. The average molecular weight is 385 g/mol. The van der Waals surface area contributed by atoms with Crippen LogP contribution < -0.4 is 5.32 Å². The van der Waals surface area contributed by atoms with Gasteiger partial charge in [0, 0.05) is 17.6 Å². The van der Waals surface area contributed by atoms with Gasteiger partial charge in [-0.05, 0) is 43.2 Å². The van der Waals surface area contributed by atoms with Crippen LogP contribution in [-0.4, -0.2) is 32.5 Å². The summed E-state index contributed by atoms with van der Waals surface area (Å²) in [6.07, 6.45) is 5.92.